The molecule has 1 heterocycles. The van der Waals surface area contributed by atoms with Crippen LogP contribution in [0, 0.1) is 11.8 Å². The Hall–Kier alpha value is -3.14. The van der Waals surface area contributed by atoms with Gasteiger partial charge in [-0.25, -0.2) is 5.43 Å². The minimum atomic E-state index is -0.996. The number of hydrogen-bond acceptors (Lipinski definition) is 7. The predicted molar refractivity (Wildman–Crippen MR) is 134 cm³/mol. The predicted octanol–water partition coefficient (Wildman–Crippen LogP) is 1.66. The summed E-state index contributed by atoms with van der Waals surface area (Å²) in [6, 6.07) is 3.96. The van der Waals surface area contributed by atoms with Gasteiger partial charge in [0.05, 0.1) is 6.10 Å². The molecule has 1 saturated heterocycles. The SMILES string of the molecule is CC(C)OC(=O)C1CCCN(C(=O)C(Cc2cccc(O)c2)NC(=O)C(NC(=O)C(C)C)C(C)C)N1. The van der Waals surface area contributed by atoms with Crippen molar-refractivity contribution in [2.45, 2.75) is 85.0 Å². The summed E-state index contributed by atoms with van der Waals surface area (Å²) < 4.78 is 5.29. The molecule has 200 valence electrons. The summed E-state index contributed by atoms with van der Waals surface area (Å²) in [5.41, 5.74) is 3.59. The lowest BCUT2D eigenvalue weighted by Gasteiger charge is -2.35. The van der Waals surface area contributed by atoms with Crippen LogP contribution in [0.2, 0.25) is 0 Å². The lowest BCUT2D eigenvalue weighted by atomic mass is 9.99. The number of phenolic OH excluding ortho intramolecular Hbond substituents is 1. The summed E-state index contributed by atoms with van der Waals surface area (Å²) in [6.07, 6.45) is 0.941. The van der Waals surface area contributed by atoms with Gasteiger partial charge in [0.15, 0.2) is 0 Å². The Bertz CT molecular complexity index is 933. The molecule has 0 saturated carbocycles. The van der Waals surface area contributed by atoms with E-state index in [4.69, 9.17) is 4.74 Å². The van der Waals surface area contributed by atoms with Gasteiger partial charge in [0.1, 0.15) is 23.9 Å². The molecule has 0 aliphatic carbocycles. The van der Waals surface area contributed by atoms with Crippen molar-refractivity contribution in [3.63, 3.8) is 0 Å². The van der Waals surface area contributed by atoms with Gasteiger partial charge in [-0.2, -0.15) is 0 Å². The van der Waals surface area contributed by atoms with Crippen molar-refractivity contribution < 1.29 is 29.0 Å². The average Bonchev–Trinajstić information content (AvgIpc) is 2.80. The van der Waals surface area contributed by atoms with E-state index in [1.54, 1.807) is 39.8 Å². The third-order valence-electron chi connectivity index (χ3n) is 5.82. The molecule has 3 unspecified atom stereocenters. The van der Waals surface area contributed by atoms with Crippen molar-refractivity contribution in [2.75, 3.05) is 6.54 Å². The Morgan fingerprint density at radius 1 is 1.08 bits per heavy atom. The molecule has 4 N–H and O–H groups in total. The van der Waals surface area contributed by atoms with Crippen LogP contribution in [0.15, 0.2) is 24.3 Å². The van der Waals surface area contributed by atoms with E-state index < -0.39 is 35.9 Å². The first-order chi connectivity index (χ1) is 16.9. The molecule has 1 aliphatic heterocycles. The molecule has 1 aliphatic rings. The van der Waals surface area contributed by atoms with Gasteiger partial charge in [0, 0.05) is 18.9 Å². The number of hydrazine groups is 1. The Morgan fingerprint density at radius 2 is 1.78 bits per heavy atom. The van der Waals surface area contributed by atoms with Crippen molar-refractivity contribution in [1.29, 1.82) is 0 Å². The standard InChI is InChI=1S/C26H40N4O6/c1-15(2)22(28-23(32)16(3)4)24(33)27-21(14-18-9-7-10-19(31)13-18)25(34)30-12-8-11-20(29-30)26(35)36-17(5)6/h7,9-10,13,15-17,20-22,29,31H,8,11-12,14H2,1-6H3,(H,27,33)(H,28,32). The van der Waals surface area contributed by atoms with Crippen LogP contribution in [-0.2, 0) is 30.3 Å². The summed E-state index contributed by atoms with van der Waals surface area (Å²) in [6.45, 7) is 11.0. The number of carbonyl (C=O) groups excluding carboxylic acids is 4. The van der Waals surface area contributed by atoms with Crippen molar-refractivity contribution in [2.24, 2.45) is 11.8 Å². The lowest BCUT2D eigenvalue weighted by Crippen LogP contribution is -2.62. The first-order valence-electron chi connectivity index (χ1n) is 12.6. The normalized spacial score (nSPS) is 17.6. The highest BCUT2D eigenvalue weighted by Crippen LogP contribution is 2.16. The van der Waals surface area contributed by atoms with Crippen molar-refractivity contribution in [1.82, 2.24) is 21.1 Å². The van der Waals surface area contributed by atoms with Gasteiger partial charge in [0.2, 0.25) is 11.8 Å². The van der Waals surface area contributed by atoms with E-state index >= 15 is 0 Å². The lowest BCUT2D eigenvalue weighted by molar-refractivity contribution is -0.156. The maximum atomic E-state index is 13.6. The third kappa shape index (κ3) is 8.51. The monoisotopic (exact) mass is 504 g/mol. The molecule has 1 fully saturated rings. The van der Waals surface area contributed by atoms with Crippen molar-refractivity contribution in [3.8, 4) is 5.75 Å². The van der Waals surface area contributed by atoms with Gasteiger partial charge in [-0.3, -0.25) is 24.2 Å². The number of rotatable bonds is 10. The minimum Gasteiger partial charge on any atom is -0.508 e. The summed E-state index contributed by atoms with van der Waals surface area (Å²) in [4.78, 5) is 51.5. The topological polar surface area (TPSA) is 137 Å². The quantitative estimate of drug-likeness (QED) is 0.356. The zero-order chi connectivity index (χ0) is 27.0. The summed E-state index contributed by atoms with van der Waals surface area (Å²) in [7, 11) is 0. The number of nitrogens with zero attached hydrogens (tertiary/aromatic N) is 1. The van der Waals surface area contributed by atoms with E-state index in [2.05, 4.69) is 16.1 Å². The van der Waals surface area contributed by atoms with Gasteiger partial charge < -0.3 is 20.5 Å². The van der Waals surface area contributed by atoms with Crippen LogP contribution < -0.4 is 16.1 Å². The second kappa shape index (κ2) is 13.2. The smallest absolute Gasteiger partial charge is 0.325 e. The van der Waals surface area contributed by atoms with Crippen LogP contribution in [0.1, 0.15) is 59.9 Å². The minimum absolute atomic E-state index is 0.0434. The van der Waals surface area contributed by atoms with Gasteiger partial charge in [-0.05, 0) is 50.3 Å². The number of carbonyl (C=O) groups is 4. The number of ether oxygens (including phenoxy) is 1. The molecule has 0 aromatic heterocycles. The highest BCUT2D eigenvalue weighted by atomic mass is 16.5. The van der Waals surface area contributed by atoms with E-state index in [9.17, 15) is 24.3 Å². The van der Waals surface area contributed by atoms with Crippen LogP contribution in [0.4, 0.5) is 0 Å². The first-order valence-corrected chi connectivity index (χ1v) is 12.6. The fraction of sp³-hybridized carbons (Fsp3) is 0.615. The zero-order valence-electron chi connectivity index (χ0n) is 22.0. The number of esters is 1. The van der Waals surface area contributed by atoms with Gasteiger partial charge in [-0.15, -0.1) is 0 Å². The molecule has 1 aromatic carbocycles. The van der Waals surface area contributed by atoms with E-state index in [0.29, 0.717) is 24.9 Å². The highest BCUT2D eigenvalue weighted by Gasteiger charge is 2.35. The average molecular weight is 505 g/mol. The molecule has 10 heteroatoms. The second-order valence-electron chi connectivity index (χ2n) is 10.1. The fourth-order valence-corrected chi connectivity index (χ4v) is 3.85. The summed E-state index contributed by atoms with van der Waals surface area (Å²) >= 11 is 0. The molecule has 3 atom stereocenters. The number of benzene rings is 1. The van der Waals surface area contributed by atoms with Crippen LogP contribution in [0.5, 0.6) is 5.75 Å². The molecule has 2 rings (SSSR count). The molecule has 0 radical (unpaired) electrons. The molecular weight excluding hydrogens is 464 g/mol. The Morgan fingerprint density at radius 3 is 2.36 bits per heavy atom. The molecule has 3 amide bonds. The third-order valence-corrected chi connectivity index (χ3v) is 5.82. The summed E-state index contributed by atoms with van der Waals surface area (Å²) in [5.74, 6) is -2.08. The number of amides is 3. The zero-order valence-corrected chi connectivity index (χ0v) is 22.0. The highest BCUT2D eigenvalue weighted by molar-refractivity contribution is 5.92. The molecule has 0 bridgehead atoms. The Kier molecular flexibility index (Phi) is 10.7. The van der Waals surface area contributed by atoms with Gasteiger partial charge in [-0.1, -0.05) is 39.8 Å². The van der Waals surface area contributed by atoms with E-state index in [-0.39, 0.29) is 36.0 Å². The number of hydrogen-bond donors (Lipinski definition) is 4. The molecule has 0 spiro atoms. The van der Waals surface area contributed by atoms with Crippen molar-refractivity contribution >= 4 is 23.7 Å². The summed E-state index contributed by atoms with van der Waals surface area (Å²) in [5, 5.41) is 16.8. The second-order valence-corrected chi connectivity index (χ2v) is 10.1. The Labute approximate surface area is 213 Å². The van der Waals surface area contributed by atoms with E-state index in [1.165, 1.54) is 17.1 Å². The maximum Gasteiger partial charge on any atom is 0.325 e. The number of nitrogens with one attached hydrogen (secondary N) is 3. The van der Waals surface area contributed by atoms with Crippen LogP contribution in [0.25, 0.3) is 0 Å². The molecule has 36 heavy (non-hydrogen) atoms. The van der Waals surface area contributed by atoms with Gasteiger partial charge in [0.25, 0.3) is 5.91 Å². The molecule has 10 nitrogen and oxygen atoms in total. The number of aromatic hydroxyl groups is 1. The number of phenols is 1. The van der Waals surface area contributed by atoms with Crippen LogP contribution in [-0.4, -0.2) is 64.6 Å². The Balaban J connectivity index is 2.25. The van der Waals surface area contributed by atoms with Crippen molar-refractivity contribution in [3.05, 3.63) is 29.8 Å². The largest absolute Gasteiger partial charge is 0.508 e. The maximum absolute atomic E-state index is 13.6. The molecular formula is C26H40N4O6. The fourth-order valence-electron chi connectivity index (χ4n) is 3.85. The van der Waals surface area contributed by atoms with Crippen LogP contribution in [0.3, 0.4) is 0 Å². The molecule has 1 aromatic rings. The van der Waals surface area contributed by atoms with Crippen LogP contribution >= 0.6 is 0 Å². The van der Waals surface area contributed by atoms with Gasteiger partial charge >= 0.3 is 5.97 Å². The first kappa shape index (κ1) is 29.1. The van der Waals surface area contributed by atoms with E-state index in [0.717, 1.165) is 0 Å². The van der Waals surface area contributed by atoms with E-state index in [1.807, 2.05) is 13.8 Å².